The van der Waals surface area contributed by atoms with Crippen molar-refractivity contribution >= 4 is 23.7 Å². The molecule has 0 radical (unpaired) electrons. The third-order valence-electron chi connectivity index (χ3n) is 7.78. The number of aromatic nitrogens is 3. The van der Waals surface area contributed by atoms with Gasteiger partial charge in [-0.2, -0.15) is 0 Å². The Bertz CT molecular complexity index is 781. The van der Waals surface area contributed by atoms with Gasteiger partial charge in [-0.3, -0.25) is 10.1 Å². The summed E-state index contributed by atoms with van der Waals surface area (Å²) < 4.78 is 2.19. The quantitative estimate of drug-likeness (QED) is 0.689. The van der Waals surface area contributed by atoms with Crippen LogP contribution in [0.2, 0.25) is 0 Å². The zero-order chi connectivity index (χ0) is 20.7. The molecule has 7 nitrogen and oxygen atoms in total. The third-order valence-corrected chi connectivity index (χ3v) is 8.72. The van der Waals surface area contributed by atoms with Gasteiger partial charge < -0.3 is 9.88 Å². The van der Waals surface area contributed by atoms with Crippen LogP contribution in [0.5, 0.6) is 0 Å². The number of nitrogens with zero attached hydrogens (tertiary/aromatic N) is 3. The number of imide groups is 1. The Hall–Kier alpha value is -1.57. The Labute approximate surface area is 182 Å². The molecule has 5 fully saturated rings. The van der Waals surface area contributed by atoms with E-state index < -0.39 is 0 Å². The Kier molecular flexibility index (Phi) is 5.54. The number of urea groups is 1. The van der Waals surface area contributed by atoms with Gasteiger partial charge in [0.25, 0.3) is 0 Å². The van der Waals surface area contributed by atoms with Gasteiger partial charge in [0.1, 0.15) is 5.82 Å². The van der Waals surface area contributed by atoms with Gasteiger partial charge in [-0.05, 0) is 76.0 Å². The molecule has 0 saturated heterocycles. The highest BCUT2D eigenvalue weighted by Crippen LogP contribution is 2.55. The van der Waals surface area contributed by atoms with E-state index in [1.807, 2.05) is 6.92 Å². The van der Waals surface area contributed by atoms with Crippen LogP contribution in [0.15, 0.2) is 5.16 Å². The zero-order valence-electron chi connectivity index (χ0n) is 17.9. The molecule has 2 N–H and O–H groups in total. The molecule has 0 unspecified atom stereocenters. The van der Waals surface area contributed by atoms with Crippen LogP contribution in [0, 0.1) is 24.7 Å². The normalized spacial score (nSPS) is 32.9. The van der Waals surface area contributed by atoms with Crippen LogP contribution < -0.4 is 10.6 Å². The summed E-state index contributed by atoms with van der Waals surface area (Å²) in [6.07, 6.45) is 13.3. The van der Waals surface area contributed by atoms with Crippen LogP contribution in [0.4, 0.5) is 4.79 Å². The van der Waals surface area contributed by atoms with Crippen molar-refractivity contribution in [3.8, 4) is 0 Å². The van der Waals surface area contributed by atoms with Crippen molar-refractivity contribution in [2.75, 3.05) is 5.75 Å². The first-order chi connectivity index (χ1) is 14.5. The molecule has 1 aromatic rings. The number of hydrogen-bond donors (Lipinski definition) is 2. The van der Waals surface area contributed by atoms with Crippen molar-refractivity contribution in [3.63, 3.8) is 0 Å². The van der Waals surface area contributed by atoms with Crippen molar-refractivity contribution in [3.05, 3.63) is 5.82 Å². The van der Waals surface area contributed by atoms with Crippen molar-refractivity contribution in [2.24, 2.45) is 17.8 Å². The Morgan fingerprint density at radius 1 is 1.03 bits per heavy atom. The van der Waals surface area contributed by atoms with Crippen LogP contribution >= 0.6 is 11.8 Å². The molecule has 5 aliphatic carbocycles. The van der Waals surface area contributed by atoms with Crippen molar-refractivity contribution < 1.29 is 9.59 Å². The van der Waals surface area contributed by atoms with Crippen LogP contribution in [-0.4, -0.2) is 38.0 Å². The van der Waals surface area contributed by atoms with Gasteiger partial charge in [0.15, 0.2) is 5.16 Å². The molecule has 0 spiro atoms. The fourth-order valence-electron chi connectivity index (χ4n) is 7.04. The lowest BCUT2D eigenvalue weighted by Gasteiger charge is -2.56. The van der Waals surface area contributed by atoms with Crippen molar-refractivity contribution in [1.29, 1.82) is 0 Å². The van der Waals surface area contributed by atoms with E-state index in [4.69, 9.17) is 0 Å². The van der Waals surface area contributed by atoms with Gasteiger partial charge in [-0.15, -0.1) is 10.2 Å². The second-order valence-corrected chi connectivity index (χ2v) is 11.1. The molecule has 0 atom stereocenters. The van der Waals surface area contributed by atoms with Crippen molar-refractivity contribution in [2.45, 2.75) is 94.3 Å². The van der Waals surface area contributed by atoms with Crippen LogP contribution in [0.25, 0.3) is 0 Å². The Morgan fingerprint density at radius 2 is 1.67 bits per heavy atom. The molecule has 164 valence electrons. The van der Waals surface area contributed by atoms with E-state index in [0.29, 0.717) is 6.04 Å². The minimum absolute atomic E-state index is 0.0788. The van der Waals surface area contributed by atoms with Gasteiger partial charge in [0.2, 0.25) is 5.91 Å². The second kappa shape index (κ2) is 8.17. The first-order valence-corrected chi connectivity index (χ1v) is 12.6. The minimum Gasteiger partial charge on any atom is -0.332 e. The van der Waals surface area contributed by atoms with E-state index in [1.165, 1.54) is 50.3 Å². The van der Waals surface area contributed by atoms with Gasteiger partial charge in [-0.1, -0.05) is 31.0 Å². The molecule has 5 saturated carbocycles. The SMILES string of the molecule is Cc1nnc(SCC(=O)NC(=O)NC23CC4CC(CC(C4)C2)C3)n1C1CCCCC1. The number of hydrogen-bond acceptors (Lipinski definition) is 5. The largest absolute Gasteiger partial charge is 0.332 e. The molecular weight excluding hydrogens is 398 g/mol. The number of amides is 3. The van der Waals surface area contributed by atoms with Gasteiger partial charge in [-0.25, -0.2) is 4.79 Å². The summed E-state index contributed by atoms with van der Waals surface area (Å²) in [6.45, 7) is 1.98. The van der Waals surface area contributed by atoms with E-state index in [9.17, 15) is 9.59 Å². The molecular formula is C22H33N5O2S. The van der Waals surface area contributed by atoms with Crippen LogP contribution in [0.3, 0.4) is 0 Å². The first-order valence-electron chi connectivity index (χ1n) is 11.7. The van der Waals surface area contributed by atoms with Crippen LogP contribution in [0.1, 0.15) is 82.5 Å². The molecule has 1 aromatic heterocycles. The van der Waals surface area contributed by atoms with Gasteiger partial charge in [0, 0.05) is 11.6 Å². The van der Waals surface area contributed by atoms with E-state index >= 15 is 0 Å². The Balaban J connectivity index is 1.14. The molecule has 0 aliphatic heterocycles. The lowest BCUT2D eigenvalue weighted by Crippen LogP contribution is -2.61. The molecule has 5 aliphatic rings. The second-order valence-electron chi connectivity index (χ2n) is 10.2. The molecule has 6 rings (SSSR count). The van der Waals surface area contributed by atoms with Crippen LogP contribution in [-0.2, 0) is 4.79 Å². The van der Waals surface area contributed by atoms with E-state index in [-0.39, 0.29) is 23.2 Å². The maximum absolute atomic E-state index is 12.6. The molecule has 0 aromatic carbocycles. The number of aryl methyl sites for hydroxylation is 1. The number of carbonyl (C=O) groups is 2. The predicted molar refractivity (Wildman–Crippen MR) is 115 cm³/mol. The lowest BCUT2D eigenvalue weighted by molar-refractivity contribution is -0.117. The molecule has 4 bridgehead atoms. The number of nitrogens with one attached hydrogen (secondary N) is 2. The summed E-state index contributed by atoms with van der Waals surface area (Å²) in [7, 11) is 0. The van der Waals surface area contributed by atoms with E-state index in [2.05, 4.69) is 25.4 Å². The molecule has 1 heterocycles. The molecule has 30 heavy (non-hydrogen) atoms. The highest BCUT2D eigenvalue weighted by Gasteiger charge is 2.51. The smallest absolute Gasteiger partial charge is 0.321 e. The number of thioether (sulfide) groups is 1. The molecule has 3 amide bonds. The monoisotopic (exact) mass is 431 g/mol. The lowest BCUT2D eigenvalue weighted by atomic mass is 9.53. The highest BCUT2D eigenvalue weighted by atomic mass is 32.2. The maximum atomic E-state index is 12.6. The summed E-state index contributed by atoms with van der Waals surface area (Å²) in [6, 6.07) is 0.103. The summed E-state index contributed by atoms with van der Waals surface area (Å²) >= 11 is 1.38. The van der Waals surface area contributed by atoms with Crippen molar-refractivity contribution in [1.82, 2.24) is 25.4 Å². The predicted octanol–water partition coefficient (Wildman–Crippen LogP) is 3.98. The minimum atomic E-state index is -0.326. The fourth-order valence-corrected chi connectivity index (χ4v) is 7.89. The third kappa shape index (κ3) is 4.12. The first kappa shape index (κ1) is 20.3. The Morgan fingerprint density at radius 3 is 2.30 bits per heavy atom. The fraction of sp³-hybridized carbons (Fsp3) is 0.818. The topological polar surface area (TPSA) is 88.9 Å². The number of rotatable bonds is 5. The maximum Gasteiger partial charge on any atom is 0.321 e. The summed E-state index contributed by atoms with van der Waals surface area (Å²) in [4.78, 5) is 25.0. The summed E-state index contributed by atoms with van der Waals surface area (Å²) in [5, 5.41) is 15.1. The van der Waals surface area contributed by atoms with E-state index in [0.717, 1.165) is 60.8 Å². The highest BCUT2D eigenvalue weighted by molar-refractivity contribution is 7.99. The van der Waals surface area contributed by atoms with Gasteiger partial charge >= 0.3 is 6.03 Å². The summed E-state index contributed by atoms with van der Waals surface area (Å²) in [5.74, 6) is 3.10. The average molecular weight is 432 g/mol. The molecule has 8 heteroatoms. The standard InChI is InChI=1S/C22H33N5O2S/c1-14-25-26-21(27(14)18-5-3-2-4-6-18)30-13-19(28)23-20(29)24-22-10-15-7-16(11-22)9-17(8-15)12-22/h15-18H,2-13H2,1H3,(H2,23,24,28,29). The number of carbonyl (C=O) groups excluding carboxylic acids is 2. The summed E-state index contributed by atoms with van der Waals surface area (Å²) in [5.41, 5.74) is -0.0788. The average Bonchev–Trinajstić information content (AvgIpc) is 3.06. The van der Waals surface area contributed by atoms with Gasteiger partial charge in [0.05, 0.1) is 5.75 Å². The zero-order valence-corrected chi connectivity index (χ0v) is 18.7. The van der Waals surface area contributed by atoms with E-state index in [1.54, 1.807) is 0 Å².